The first-order valence-corrected chi connectivity index (χ1v) is 11.5. The highest BCUT2D eigenvalue weighted by Crippen LogP contribution is 2.32. The zero-order chi connectivity index (χ0) is 24.3. The second kappa shape index (κ2) is 12.9. The molecule has 0 spiro atoms. The number of benzene rings is 2. The van der Waals surface area contributed by atoms with Gasteiger partial charge in [0.2, 0.25) is 5.88 Å². The maximum absolute atomic E-state index is 10.5. The molecule has 0 saturated carbocycles. The summed E-state index contributed by atoms with van der Waals surface area (Å²) in [5.74, 6) is 2.10. The maximum atomic E-state index is 10.5. The summed E-state index contributed by atoms with van der Waals surface area (Å²) in [5, 5.41) is 15.3. The Kier molecular flexibility index (Phi) is 9.70. The van der Waals surface area contributed by atoms with Crippen LogP contribution in [0.25, 0.3) is 5.69 Å². The van der Waals surface area contributed by atoms with Gasteiger partial charge in [-0.3, -0.25) is 4.90 Å². The third-order valence-corrected chi connectivity index (χ3v) is 5.58. The van der Waals surface area contributed by atoms with Crippen LogP contribution in [0.1, 0.15) is 24.1 Å². The van der Waals surface area contributed by atoms with E-state index >= 15 is 0 Å². The predicted molar refractivity (Wildman–Crippen MR) is 134 cm³/mol. The number of aliphatic hydroxyl groups is 1. The lowest BCUT2D eigenvalue weighted by atomic mass is 10.1. The van der Waals surface area contributed by atoms with Crippen LogP contribution in [0.2, 0.25) is 0 Å². The molecule has 2 aromatic carbocycles. The molecular weight excluding hydrogens is 430 g/mol. The summed E-state index contributed by atoms with van der Waals surface area (Å²) in [7, 11) is 3.32. The third-order valence-electron chi connectivity index (χ3n) is 5.58. The molecule has 0 saturated heterocycles. The first-order chi connectivity index (χ1) is 16.5. The minimum atomic E-state index is -0.453. The summed E-state index contributed by atoms with van der Waals surface area (Å²) in [4.78, 5) is 2.18. The molecule has 0 aliphatic rings. The Morgan fingerprint density at radius 1 is 1.09 bits per heavy atom. The van der Waals surface area contributed by atoms with E-state index in [0.29, 0.717) is 44.3 Å². The number of hydrogen-bond acceptors (Lipinski definition) is 6. The number of hydrogen-bond donors (Lipinski definition) is 1. The summed E-state index contributed by atoms with van der Waals surface area (Å²) in [6, 6.07) is 17.4. The first kappa shape index (κ1) is 25.5. The molecule has 1 N–H and O–H groups in total. The largest absolute Gasteiger partial charge is 0.497 e. The van der Waals surface area contributed by atoms with Crippen LogP contribution in [0.4, 0.5) is 0 Å². The highest BCUT2D eigenvalue weighted by molar-refractivity contribution is 5.44. The Morgan fingerprint density at radius 3 is 2.44 bits per heavy atom. The van der Waals surface area contributed by atoms with Crippen LogP contribution in [-0.4, -0.2) is 59.8 Å². The lowest BCUT2D eigenvalue weighted by Gasteiger charge is -2.25. The van der Waals surface area contributed by atoms with Crippen molar-refractivity contribution in [3.8, 4) is 23.1 Å². The van der Waals surface area contributed by atoms with Gasteiger partial charge in [0.05, 0.1) is 36.8 Å². The highest BCUT2D eigenvalue weighted by atomic mass is 16.5. The average molecular weight is 466 g/mol. The van der Waals surface area contributed by atoms with Crippen molar-refractivity contribution in [2.75, 3.05) is 33.9 Å². The second-order valence-corrected chi connectivity index (χ2v) is 8.14. The molecule has 1 atom stereocenters. The predicted octanol–water partition coefficient (Wildman–Crippen LogP) is 4.76. The molecule has 0 amide bonds. The lowest BCUT2D eigenvalue weighted by Crippen LogP contribution is -2.34. The van der Waals surface area contributed by atoms with Crippen LogP contribution in [0, 0.1) is 6.92 Å². The molecule has 34 heavy (non-hydrogen) atoms. The summed E-state index contributed by atoms with van der Waals surface area (Å²) in [6.45, 7) is 8.07. The fourth-order valence-electron chi connectivity index (χ4n) is 3.70. The van der Waals surface area contributed by atoms with Gasteiger partial charge in [-0.2, -0.15) is 5.10 Å². The lowest BCUT2D eigenvalue weighted by molar-refractivity contribution is 0.0804. The normalized spacial score (nSPS) is 12.0. The fraction of sp³-hybridized carbons (Fsp3) is 0.370. The third kappa shape index (κ3) is 6.93. The molecule has 3 rings (SSSR count). The number of para-hydroxylation sites is 1. The minimum Gasteiger partial charge on any atom is -0.497 e. The summed E-state index contributed by atoms with van der Waals surface area (Å²) < 4.78 is 18.8. The summed E-state index contributed by atoms with van der Waals surface area (Å²) in [6.07, 6.45) is 2.82. The molecule has 0 aliphatic heterocycles. The van der Waals surface area contributed by atoms with Gasteiger partial charge in [-0.05, 0) is 56.2 Å². The van der Waals surface area contributed by atoms with E-state index in [0.717, 1.165) is 29.1 Å². The van der Waals surface area contributed by atoms with Gasteiger partial charge < -0.3 is 19.3 Å². The van der Waals surface area contributed by atoms with Gasteiger partial charge in [-0.1, -0.05) is 24.3 Å². The minimum absolute atomic E-state index is 0.453. The first-order valence-electron chi connectivity index (χ1n) is 11.5. The van der Waals surface area contributed by atoms with E-state index in [4.69, 9.17) is 19.3 Å². The molecular formula is C27H35N3O4. The smallest absolute Gasteiger partial charge is 0.227 e. The molecule has 7 heteroatoms. The number of aliphatic hydroxyl groups excluding tert-OH is 1. The van der Waals surface area contributed by atoms with E-state index in [-0.39, 0.29) is 0 Å². The molecule has 0 aliphatic carbocycles. The van der Waals surface area contributed by atoms with E-state index in [1.807, 2.05) is 72.3 Å². The number of aromatic nitrogens is 2. The maximum Gasteiger partial charge on any atom is 0.227 e. The summed E-state index contributed by atoms with van der Waals surface area (Å²) >= 11 is 0. The topological polar surface area (TPSA) is 69.0 Å². The Hall–Kier alpha value is -3.13. The molecule has 0 unspecified atom stereocenters. The molecule has 3 aromatic rings. The van der Waals surface area contributed by atoms with Crippen molar-refractivity contribution >= 4 is 0 Å². The summed E-state index contributed by atoms with van der Waals surface area (Å²) in [5.41, 5.74) is 2.75. The van der Waals surface area contributed by atoms with Crippen molar-refractivity contribution in [3.63, 3.8) is 0 Å². The molecule has 182 valence electrons. The van der Waals surface area contributed by atoms with Gasteiger partial charge in [-0.15, -0.1) is 6.58 Å². The van der Waals surface area contributed by atoms with Crippen molar-refractivity contribution in [2.45, 2.75) is 32.4 Å². The van der Waals surface area contributed by atoms with Gasteiger partial charge in [0.1, 0.15) is 11.5 Å². The van der Waals surface area contributed by atoms with Gasteiger partial charge >= 0.3 is 0 Å². The van der Waals surface area contributed by atoms with Gasteiger partial charge in [-0.25, -0.2) is 4.68 Å². The second-order valence-electron chi connectivity index (χ2n) is 8.14. The van der Waals surface area contributed by atoms with E-state index in [1.165, 1.54) is 0 Å². The van der Waals surface area contributed by atoms with Crippen molar-refractivity contribution in [3.05, 3.63) is 78.5 Å². The van der Waals surface area contributed by atoms with Crippen molar-refractivity contribution in [1.82, 2.24) is 14.7 Å². The number of allylic oxidation sites excluding steroid dienone is 1. The van der Waals surface area contributed by atoms with Crippen LogP contribution in [0.3, 0.4) is 0 Å². The van der Waals surface area contributed by atoms with Gasteiger partial charge in [0, 0.05) is 26.7 Å². The number of rotatable bonds is 14. The standard InChI is InChI=1S/C27H35N3O4/c1-5-6-12-23(31)19-29(17-18-32-3)20-26-21(2)28-30(22-10-8-7-9-11-22)27(26)34-25-15-13-24(33-4)14-16-25/h5,7-11,13-16,23,31H,1,6,12,17-20H2,2-4H3/t23-/m1/s1. The Labute approximate surface area is 202 Å². The molecule has 7 nitrogen and oxygen atoms in total. The van der Waals surface area contributed by atoms with Crippen LogP contribution < -0.4 is 9.47 Å². The van der Waals surface area contributed by atoms with Gasteiger partial charge in [0.15, 0.2) is 0 Å². The van der Waals surface area contributed by atoms with Crippen LogP contribution in [0.15, 0.2) is 67.3 Å². The Balaban J connectivity index is 1.94. The zero-order valence-electron chi connectivity index (χ0n) is 20.3. The quantitative estimate of drug-likeness (QED) is 0.346. The SMILES string of the molecule is C=CCC[C@@H](O)CN(CCOC)Cc1c(C)nn(-c2ccccc2)c1Oc1ccc(OC)cc1. The monoisotopic (exact) mass is 465 g/mol. The van der Waals surface area contributed by atoms with E-state index in [1.54, 1.807) is 14.2 Å². The molecule has 1 aromatic heterocycles. The van der Waals surface area contributed by atoms with Crippen molar-refractivity contribution in [1.29, 1.82) is 0 Å². The van der Waals surface area contributed by atoms with E-state index in [9.17, 15) is 5.11 Å². The van der Waals surface area contributed by atoms with Crippen molar-refractivity contribution in [2.24, 2.45) is 0 Å². The Morgan fingerprint density at radius 2 is 1.79 bits per heavy atom. The number of aryl methyl sites for hydroxylation is 1. The van der Waals surface area contributed by atoms with E-state index < -0.39 is 6.10 Å². The average Bonchev–Trinajstić information content (AvgIpc) is 3.16. The molecule has 0 fully saturated rings. The number of ether oxygens (including phenoxy) is 3. The fourth-order valence-corrected chi connectivity index (χ4v) is 3.70. The van der Waals surface area contributed by atoms with Crippen LogP contribution in [-0.2, 0) is 11.3 Å². The molecule has 1 heterocycles. The zero-order valence-corrected chi connectivity index (χ0v) is 20.3. The Bertz CT molecular complexity index is 1020. The molecule has 0 radical (unpaired) electrons. The van der Waals surface area contributed by atoms with E-state index in [2.05, 4.69) is 11.5 Å². The van der Waals surface area contributed by atoms with Crippen LogP contribution in [0.5, 0.6) is 17.4 Å². The number of nitrogens with zero attached hydrogens (tertiary/aromatic N) is 3. The van der Waals surface area contributed by atoms with Gasteiger partial charge in [0.25, 0.3) is 0 Å². The highest BCUT2D eigenvalue weighted by Gasteiger charge is 2.22. The van der Waals surface area contributed by atoms with Crippen molar-refractivity contribution < 1.29 is 19.3 Å². The van der Waals surface area contributed by atoms with Crippen LogP contribution >= 0.6 is 0 Å². The number of methoxy groups -OCH3 is 2. The molecule has 0 bridgehead atoms.